The maximum absolute atomic E-state index is 12.9. The zero-order valence-corrected chi connectivity index (χ0v) is 7.91. The molecule has 1 aromatic carbocycles. The van der Waals surface area contributed by atoms with E-state index in [0.29, 0.717) is 18.9 Å². The first-order valence-electron chi connectivity index (χ1n) is 4.87. The van der Waals surface area contributed by atoms with Crippen molar-refractivity contribution in [3.63, 3.8) is 0 Å². The summed E-state index contributed by atoms with van der Waals surface area (Å²) in [5.41, 5.74) is 7.33. The fraction of sp³-hybridized carbons (Fsp3) is 0.455. The Labute approximate surface area is 82.5 Å². The van der Waals surface area contributed by atoms with E-state index in [-0.39, 0.29) is 5.82 Å². The summed E-state index contributed by atoms with van der Waals surface area (Å²) in [6.07, 6.45) is 0.943. The molecule has 76 valence electrons. The maximum atomic E-state index is 12.9. The molecule has 0 radical (unpaired) electrons. The van der Waals surface area contributed by atoms with Gasteiger partial charge in [0.15, 0.2) is 0 Å². The van der Waals surface area contributed by atoms with Gasteiger partial charge in [-0.25, -0.2) is 4.39 Å². The van der Waals surface area contributed by atoms with E-state index in [1.54, 1.807) is 6.07 Å². The van der Waals surface area contributed by atoms with Gasteiger partial charge in [-0.15, -0.1) is 0 Å². The molecule has 2 nitrogen and oxygen atoms in total. The first-order chi connectivity index (χ1) is 6.70. The highest BCUT2D eigenvalue weighted by molar-refractivity contribution is 5.32. The summed E-state index contributed by atoms with van der Waals surface area (Å²) in [4.78, 5) is 0. The average molecular weight is 195 g/mol. The summed E-state index contributed by atoms with van der Waals surface area (Å²) < 4.78 is 12.9. The van der Waals surface area contributed by atoms with E-state index < -0.39 is 6.10 Å². The molecule has 0 fully saturated rings. The van der Waals surface area contributed by atoms with Crippen LogP contribution < -0.4 is 5.73 Å². The van der Waals surface area contributed by atoms with Crippen molar-refractivity contribution in [2.45, 2.75) is 18.9 Å². The first-order valence-corrected chi connectivity index (χ1v) is 4.87. The van der Waals surface area contributed by atoms with Crippen LogP contribution in [0.25, 0.3) is 0 Å². The summed E-state index contributed by atoms with van der Waals surface area (Å²) >= 11 is 0. The molecular formula is C11H14FNO. The average Bonchev–Trinajstić information content (AvgIpc) is 2.19. The minimum absolute atomic E-state index is 0.283. The third-order valence-electron chi connectivity index (χ3n) is 2.87. The molecule has 3 N–H and O–H groups in total. The first kappa shape index (κ1) is 9.62. The standard InChI is InChI=1S/C11H14FNO/c12-9-2-1-8-3-7(6-13)4-11(14)10(8)5-9/h1-2,5,7,11,14H,3-4,6,13H2. The molecule has 1 aliphatic carbocycles. The van der Waals surface area contributed by atoms with Gasteiger partial charge in [-0.1, -0.05) is 6.07 Å². The Morgan fingerprint density at radius 1 is 1.50 bits per heavy atom. The summed E-state index contributed by atoms with van der Waals surface area (Å²) in [5, 5.41) is 9.77. The van der Waals surface area contributed by atoms with Gasteiger partial charge in [-0.05, 0) is 48.6 Å². The fourth-order valence-corrected chi connectivity index (χ4v) is 2.08. The Balaban J connectivity index is 2.35. The largest absolute Gasteiger partial charge is 0.388 e. The lowest BCUT2D eigenvalue weighted by Gasteiger charge is -2.27. The highest BCUT2D eigenvalue weighted by Crippen LogP contribution is 2.32. The van der Waals surface area contributed by atoms with Gasteiger partial charge in [0.2, 0.25) is 0 Å². The Morgan fingerprint density at radius 3 is 3.00 bits per heavy atom. The molecule has 0 aromatic heterocycles. The van der Waals surface area contributed by atoms with E-state index in [9.17, 15) is 9.50 Å². The molecule has 2 unspecified atom stereocenters. The molecular weight excluding hydrogens is 181 g/mol. The maximum Gasteiger partial charge on any atom is 0.123 e. The van der Waals surface area contributed by atoms with Gasteiger partial charge >= 0.3 is 0 Å². The monoisotopic (exact) mass is 195 g/mol. The summed E-state index contributed by atoms with van der Waals surface area (Å²) in [6, 6.07) is 4.60. The SMILES string of the molecule is NCC1Cc2ccc(F)cc2C(O)C1. The van der Waals surface area contributed by atoms with Gasteiger partial charge < -0.3 is 10.8 Å². The van der Waals surface area contributed by atoms with Crippen molar-refractivity contribution in [1.82, 2.24) is 0 Å². The molecule has 0 saturated heterocycles. The molecule has 3 heteroatoms. The number of aliphatic hydroxyl groups excluding tert-OH is 1. The number of halogens is 1. The molecule has 0 heterocycles. The van der Waals surface area contributed by atoms with Crippen LogP contribution in [0.2, 0.25) is 0 Å². The van der Waals surface area contributed by atoms with Crippen molar-refractivity contribution >= 4 is 0 Å². The number of hydrogen-bond acceptors (Lipinski definition) is 2. The van der Waals surface area contributed by atoms with Crippen LogP contribution in [0, 0.1) is 11.7 Å². The second kappa shape index (κ2) is 3.67. The van der Waals surface area contributed by atoms with Crippen LogP contribution in [0.1, 0.15) is 23.7 Å². The zero-order valence-electron chi connectivity index (χ0n) is 7.91. The van der Waals surface area contributed by atoms with Gasteiger partial charge in [-0.2, -0.15) is 0 Å². The lowest BCUT2D eigenvalue weighted by atomic mass is 9.82. The Hall–Kier alpha value is -0.930. The molecule has 0 bridgehead atoms. The number of fused-ring (bicyclic) bond motifs is 1. The number of aliphatic hydroxyl groups is 1. The van der Waals surface area contributed by atoms with Crippen molar-refractivity contribution < 1.29 is 9.50 Å². The summed E-state index contributed by atoms with van der Waals surface area (Å²) in [7, 11) is 0. The lowest BCUT2D eigenvalue weighted by Crippen LogP contribution is -2.25. The third kappa shape index (κ3) is 1.65. The normalized spacial score (nSPS) is 25.9. The number of hydrogen-bond donors (Lipinski definition) is 2. The van der Waals surface area contributed by atoms with Crippen LogP contribution in [0.5, 0.6) is 0 Å². The second-order valence-corrected chi connectivity index (χ2v) is 3.90. The molecule has 1 aliphatic rings. The molecule has 2 rings (SSSR count). The quantitative estimate of drug-likeness (QED) is 0.711. The molecule has 0 saturated carbocycles. The molecule has 0 amide bonds. The molecule has 1 aromatic rings. The van der Waals surface area contributed by atoms with Crippen molar-refractivity contribution in [3.05, 3.63) is 35.1 Å². The van der Waals surface area contributed by atoms with Gasteiger partial charge in [0, 0.05) is 0 Å². The number of rotatable bonds is 1. The van der Waals surface area contributed by atoms with E-state index in [1.807, 2.05) is 0 Å². The van der Waals surface area contributed by atoms with Crippen LogP contribution in [0.4, 0.5) is 4.39 Å². The van der Waals surface area contributed by atoms with Crippen LogP contribution in [0.15, 0.2) is 18.2 Å². The predicted octanol–water partition coefficient (Wildman–Crippen LogP) is 1.38. The van der Waals surface area contributed by atoms with Gasteiger partial charge in [-0.3, -0.25) is 0 Å². The highest BCUT2D eigenvalue weighted by atomic mass is 19.1. The van der Waals surface area contributed by atoms with E-state index in [1.165, 1.54) is 12.1 Å². The highest BCUT2D eigenvalue weighted by Gasteiger charge is 2.24. The Kier molecular flexibility index (Phi) is 2.52. The van der Waals surface area contributed by atoms with E-state index >= 15 is 0 Å². The van der Waals surface area contributed by atoms with Gasteiger partial charge in [0.1, 0.15) is 5.82 Å². The van der Waals surface area contributed by atoms with E-state index in [2.05, 4.69) is 0 Å². The van der Waals surface area contributed by atoms with Crippen molar-refractivity contribution in [2.24, 2.45) is 11.7 Å². The molecule has 14 heavy (non-hydrogen) atoms. The van der Waals surface area contributed by atoms with Gasteiger partial charge in [0.05, 0.1) is 6.10 Å². The predicted molar refractivity (Wildman–Crippen MR) is 52.2 cm³/mol. The topological polar surface area (TPSA) is 46.2 Å². The zero-order chi connectivity index (χ0) is 10.1. The minimum atomic E-state index is -0.553. The van der Waals surface area contributed by atoms with Crippen LogP contribution >= 0.6 is 0 Å². The lowest BCUT2D eigenvalue weighted by molar-refractivity contribution is 0.133. The molecule has 0 aliphatic heterocycles. The van der Waals surface area contributed by atoms with Crippen molar-refractivity contribution in [2.75, 3.05) is 6.54 Å². The van der Waals surface area contributed by atoms with Gasteiger partial charge in [0.25, 0.3) is 0 Å². The summed E-state index contributed by atoms with van der Waals surface area (Å²) in [6.45, 7) is 0.577. The van der Waals surface area contributed by atoms with Crippen LogP contribution in [-0.2, 0) is 6.42 Å². The molecule has 0 spiro atoms. The van der Waals surface area contributed by atoms with Crippen LogP contribution in [-0.4, -0.2) is 11.7 Å². The fourth-order valence-electron chi connectivity index (χ4n) is 2.08. The smallest absolute Gasteiger partial charge is 0.123 e. The van der Waals surface area contributed by atoms with Crippen molar-refractivity contribution in [3.8, 4) is 0 Å². The Morgan fingerprint density at radius 2 is 2.29 bits per heavy atom. The van der Waals surface area contributed by atoms with E-state index in [4.69, 9.17) is 5.73 Å². The summed E-state index contributed by atoms with van der Waals surface area (Å²) in [5.74, 6) is 0.0389. The molecule has 2 atom stereocenters. The number of nitrogens with two attached hydrogens (primary N) is 1. The minimum Gasteiger partial charge on any atom is -0.388 e. The van der Waals surface area contributed by atoms with Crippen LogP contribution in [0.3, 0.4) is 0 Å². The Bertz CT molecular complexity index is 340. The third-order valence-corrected chi connectivity index (χ3v) is 2.87. The van der Waals surface area contributed by atoms with Crippen molar-refractivity contribution in [1.29, 1.82) is 0 Å². The number of benzene rings is 1. The second-order valence-electron chi connectivity index (χ2n) is 3.90. The van der Waals surface area contributed by atoms with E-state index in [0.717, 1.165) is 17.5 Å².